The zero-order valence-corrected chi connectivity index (χ0v) is 14.4. The molecule has 0 bridgehead atoms. The van der Waals surface area contributed by atoms with Crippen LogP contribution in [0.15, 0.2) is 11.1 Å². The van der Waals surface area contributed by atoms with Gasteiger partial charge in [-0.25, -0.2) is 9.37 Å². The van der Waals surface area contributed by atoms with Crippen molar-refractivity contribution >= 4 is 23.0 Å². The third-order valence-electron chi connectivity index (χ3n) is 4.80. The van der Waals surface area contributed by atoms with Gasteiger partial charge in [-0.1, -0.05) is 27.2 Å². The molecule has 136 valence electrons. The minimum atomic E-state index is -1.32. The van der Waals surface area contributed by atoms with Gasteiger partial charge in [-0.05, 0) is 12.3 Å². The minimum Gasteiger partial charge on any atom is -0.388 e. The number of imidazole rings is 1. The van der Waals surface area contributed by atoms with E-state index < -0.39 is 23.9 Å². The van der Waals surface area contributed by atoms with Crippen molar-refractivity contribution in [3.05, 3.63) is 16.7 Å². The summed E-state index contributed by atoms with van der Waals surface area (Å²) in [6.45, 7) is 5.32. The van der Waals surface area contributed by atoms with E-state index in [1.807, 2.05) is 6.92 Å². The first kappa shape index (κ1) is 17.5. The summed E-state index contributed by atoms with van der Waals surface area (Å²) in [5.74, 6) is -0.807. The molecule has 9 heteroatoms. The van der Waals surface area contributed by atoms with Crippen molar-refractivity contribution < 1.29 is 14.3 Å². The van der Waals surface area contributed by atoms with Crippen molar-refractivity contribution in [1.29, 1.82) is 0 Å². The monoisotopic (exact) mass is 351 g/mol. The number of aliphatic hydroxyl groups excluding tert-OH is 1. The third-order valence-corrected chi connectivity index (χ3v) is 4.80. The molecule has 25 heavy (non-hydrogen) atoms. The first-order chi connectivity index (χ1) is 11.8. The number of halogens is 1. The number of carbonyl (C=O) groups excluding carboxylic acids is 1. The second-order valence-corrected chi connectivity index (χ2v) is 6.79. The standard InChI is InChI=1S/C16H22FN5O3/c1-4-8-5-9(12(23)10(8)17)22-6-18-11-13(22)19-16(21-15(11)25)20-14(24)7(2)3/h6-10,12,23H,4-5H2,1-3H3,(H2,19,20,21,24,25). The van der Waals surface area contributed by atoms with Crippen molar-refractivity contribution in [1.82, 2.24) is 19.5 Å². The van der Waals surface area contributed by atoms with E-state index in [9.17, 15) is 19.1 Å². The highest BCUT2D eigenvalue weighted by Crippen LogP contribution is 2.39. The van der Waals surface area contributed by atoms with E-state index >= 15 is 0 Å². The van der Waals surface area contributed by atoms with Crippen LogP contribution >= 0.6 is 0 Å². The summed E-state index contributed by atoms with van der Waals surface area (Å²) in [6.07, 6.45) is -0.0661. The van der Waals surface area contributed by atoms with Crippen LogP contribution in [-0.2, 0) is 4.79 Å². The summed E-state index contributed by atoms with van der Waals surface area (Å²) in [5.41, 5.74) is -0.194. The van der Waals surface area contributed by atoms with Crippen LogP contribution in [0, 0.1) is 11.8 Å². The molecule has 0 saturated heterocycles. The van der Waals surface area contributed by atoms with Crippen molar-refractivity contribution in [2.45, 2.75) is 51.9 Å². The van der Waals surface area contributed by atoms with Crippen molar-refractivity contribution in [3.63, 3.8) is 0 Å². The molecule has 1 aliphatic rings. The van der Waals surface area contributed by atoms with Gasteiger partial charge in [0.05, 0.1) is 12.4 Å². The highest BCUT2D eigenvalue weighted by atomic mass is 19.1. The van der Waals surface area contributed by atoms with Gasteiger partial charge in [-0.15, -0.1) is 0 Å². The van der Waals surface area contributed by atoms with E-state index in [1.165, 1.54) is 10.9 Å². The number of amides is 1. The molecule has 4 unspecified atom stereocenters. The summed E-state index contributed by atoms with van der Waals surface area (Å²) in [7, 11) is 0. The predicted octanol–water partition coefficient (Wildman–Crippen LogP) is 1.38. The number of nitrogens with zero attached hydrogens (tertiary/aromatic N) is 3. The molecule has 8 nitrogen and oxygen atoms in total. The van der Waals surface area contributed by atoms with Gasteiger partial charge in [0.25, 0.3) is 5.56 Å². The first-order valence-corrected chi connectivity index (χ1v) is 8.43. The van der Waals surface area contributed by atoms with Crippen LogP contribution in [0.25, 0.3) is 11.2 Å². The van der Waals surface area contributed by atoms with Crippen LogP contribution < -0.4 is 10.9 Å². The minimum absolute atomic E-state index is 0.00859. The highest BCUT2D eigenvalue weighted by Gasteiger charge is 2.43. The number of carbonyl (C=O) groups is 1. The second-order valence-electron chi connectivity index (χ2n) is 6.79. The summed E-state index contributed by atoms with van der Waals surface area (Å²) in [6, 6.07) is -0.548. The van der Waals surface area contributed by atoms with Crippen LogP contribution in [0.1, 0.15) is 39.7 Å². The number of hydrogen-bond acceptors (Lipinski definition) is 5. The third kappa shape index (κ3) is 3.04. The van der Waals surface area contributed by atoms with Gasteiger partial charge in [0.1, 0.15) is 12.3 Å². The Labute approximate surface area is 143 Å². The Morgan fingerprint density at radius 2 is 2.28 bits per heavy atom. The lowest BCUT2D eigenvalue weighted by molar-refractivity contribution is -0.118. The number of fused-ring (bicyclic) bond motifs is 1. The van der Waals surface area contributed by atoms with Gasteiger partial charge in [0.15, 0.2) is 11.2 Å². The lowest BCUT2D eigenvalue weighted by Gasteiger charge is -2.17. The van der Waals surface area contributed by atoms with Crippen molar-refractivity contribution in [3.8, 4) is 0 Å². The van der Waals surface area contributed by atoms with Gasteiger partial charge in [-0.3, -0.25) is 19.9 Å². The van der Waals surface area contributed by atoms with Gasteiger partial charge >= 0.3 is 0 Å². The zero-order chi connectivity index (χ0) is 18.3. The van der Waals surface area contributed by atoms with E-state index in [4.69, 9.17) is 0 Å². The first-order valence-electron chi connectivity index (χ1n) is 8.43. The molecule has 0 radical (unpaired) electrons. The fourth-order valence-electron chi connectivity index (χ4n) is 3.23. The summed E-state index contributed by atoms with van der Waals surface area (Å²) < 4.78 is 15.7. The summed E-state index contributed by atoms with van der Waals surface area (Å²) in [4.78, 5) is 34.8. The fourth-order valence-corrected chi connectivity index (χ4v) is 3.23. The predicted molar refractivity (Wildman–Crippen MR) is 90.0 cm³/mol. The maximum absolute atomic E-state index is 14.2. The number of anilines is 1. The largest absolute Gasteiger partial charge is 0.388 e. The van der Waals surface area contributed by atoms with Gasteiger partial charge in [0, 0.05) is 5.92 Å². The van der Waals surface area contributed by atoms with Crippen LogP contribution in [0.4, 0.5) is 10.3 Å². The van der Waals surface area contributed by atoms with Crippen LogP contribution in [-0.4, -0.2) is 42.8 Å². The smallest absolute Gasteiger partial charge is 0.280 e. The van der Waals surface area contributed by atoms with E-state index in [1.54, 1.807) is 13.8 Å². The molecule has 1 saturated carbocycles. The Morgan fingerprint density at radius 1 is 1.56 bits per heavy atom. The Morgan fingerprint density at radius 3 is 2.88 bits per heavy atom. The fraction of sp³-hybridized carbons (Fsp3) is 0.625. The number of hydrogen-bond donors (Lipinski definition) is 3. The lowest BCUT2D eigenvalue weighted by atomic mass is 10.0. The normalized spacial score (nSPS) is 26.5. The van der Waals surface area contributed by atoms with Gasteiger partial charge < -0.3 is 9.67 Å². The Kier molecular flexibility index (Phi) is 4.59. The summed E-state index contributed by atoms with van der Waals surface area (Å²) in [5, 5.41) is 12.8. The van der Waals surface area contributed by atoms with Crippen LogP contribution in [0.5, 0.6) is 0 Å². The molecular formula is C16H22FN5O3. The molecule has 0 spiro atoms. The SMILES string of the molecule is CCC1CC(n2cnc3c(=O)[nH]c(NC(=O)C(C)C)nc32)C(O)C1F. The maximum Gasteiger partial charge on any atom is 0.280 e. The molecule has 3 rings (SSSR count). The quantitative estimate of drug-likeness (QED) is 0.770. The number of rotatable bonds is 4. The lowest BCUT2D eigenvalue weighted by Crippen LogP contribution is -2.26. The van der Waals surface area contributed by atoms with Gasteiger partial charge in [-0.2, -0.15) is 4.98 Å². The van der Waals surface area contributed by atoms with E-state index in [0.29, 0.717) is 12.8 Å². The van der Waals surface area contributed by atoms with Crippen LogP contribution in [0.3, 0.4) is 0 Å². The van der Waals surface area contributed by atoms with Crippen LogP contribution in [0.2, 0.25) is 0 Å². The van der Waals surface area contributed by atoms with E-state index in [0.717, 1.165) is 0 Å². The molecule has 1 fully saturated rings. The van der Waals surface area contributed by atoms with E-state index in [-0.39, 0.29) is 34.9 Å². The molecule has 1 amide bonds. The Balaban J connectivity index is 2.01. The van der Waals surface area contributed by atoms with Gasteiger partial charge in [0.2, 0.25) is 11.9 Å². The molecule has 2 heterocycles. The van der Waals surface area contributed by atoms with Crippen molar-refractivity contribution in [2.24, 2.45) is 11.8 Å². The number of nitrogens with one attached hydrogen (secondary N) is 2. The molecule has 4 atom stereocenters. The summed E-state index contributed by atoms with van der Waals surface area (Å²) >= 11 is 0. The molecule has 2 aromatic heterocycles. The molecular weight excluding hydrogens is 329 g/mol. The maximum atomic E-state index is 14.2. The number of aromatic amines is 1. The molecule has 0 aliphatic heterocycles. The number of H-pyrrole nitrogens is 1. The molecule has 3 N–H and O–H groups in total. The number of aliphatic hydroxyl groups is 1. The number of alkyl halides is 1. The Bertz CT molecular complexity index is 846. The molecule has 0 aromatic carbocycles. The molecule has 1 aliphatic carbocycles. The average molecular weight is 351 g/mol. The van der Waals surface area contributed by atoms with E-state index in [2.05, 4.69) is 20.3 Å². The van der Waals surface area contributed by atoms with Crippen molar-refractivity contribution in [2.75, 3.05) is 5.32 Å². The Hall–Kier alpha value is -2.29. The topological polar surface area (TPSA) is 113 Å². The zero-order valence-electron chi connectivity index (χ0n) is 14.4. The molecule has 2 aromatic rings. The highest BCUT2D eigenvalue weighted by molar-refractivity contribution is 5.91. The average Bonchev–Trinajstić information content (AvgIpc) is 3.10. The second kappa shape index (κ2) is 6.55. The number of aromatic nitrogens is 4.